The zero-order valence-electron chi connectivity index (χ0n) is 9.64. The topological polar surface area (TPSA) is 9.23 Å². The van der Waals surface area contributed by atoms with Gasteiger partial charge in [0.05, 0.1) is 0 Å². The van der Waals surface area contributed by atoms with E-state index in [0.717, 1.165) is 5.75 Å². The molecule has 0 N–H and O–H groups in total. The average Bonchev–Trinajstić information content (AvgIpc) is 2.39. The van der Waals surface area contributed by atoms with E-state index < -0.39 is 0 Å². The van der Waals surface area contributed by atoms with Gasteiger partial charge in [-0.1, -0.05) is 0 Å². The fourth-order valence-corrected chi connectivity index (χ4v) is 3.54. The van der Waals surface area contributed by atoms with Crippen LogP contribution in [-0.4, -0.2) is 0 Å². The molecule has 0 radical (unpaired) electrons. The normalized spacial score (nSPS) is 10.9. The van der Waals surface area contributed by atoms with Crippen molar-refractivity contribution in [1.82, 2.24) is 0 Å². The Hall–Kier alpha value is -1.29. The number of halogens is 1. The molecule has 1 nitrogen and oxygen atoms in total. The van der Waals surface area contributed by atoms with Crippen molar-refractivity contribution in [3.05, 3.63) is 74.1 Å². The summed E-state index contributed by atoms with van der Waals surface area (Å²) >= 11 is -0.0712. The van der Waals surface area contributed by atoms with Gasteiger partial charge < -0.3 is 0 Å². The second-order valence-electron chi connectivity index (χ2n) is 3.43. The second-order valence-corrected chi connectivity index (χ2v) is 6.46. The molecule has 2 heteroatoms. The molecular weight excluding hydrogens is 323 g/mol. The van der Waals surface area contributed by atoms with Crippen LogP contribution in [0.3, 0.4) is 0 Å². The molecule has 2 rings (SSSR count). The molecule has 0 heterocycles. The summed E-state index contributed by atoms with van der Waals surface area (Å²) in [6.45, 7) is 1.94. The molecule has 88 valence electrons. The summed E-state index contributed by atoms with van der Waals surface area (Å²) < 4.78 is 8.24. The van der Waals surface area contributed by atoms with E-state index in [0.29, 0.717) is 0 Å². The molecule has 0 unspecified atom stereocenters. The van der Waals surface area contributed by atoms with Gasteiger partial charge >= 0.3 is 113 Å². The van der Waals surface area contributed by atoms with E-state index in [1.807, 2.05) is 25.1 Å². The third kappa shape index (κ3) is 3.89. The van der Waals surface area contributed by atoms with Crippen LogP contribution in [0.1, 0.15) is 6.92 Å². The SMILES string of the molecule is CC=COc1ccc([I-]c2ccccc2)cc1. The van der Waals surface area contributed by atoms with Gasteiger partial charge in [0, 0.05) is 0 Å². The summed E-state index contributed by atoms with van der Waals surface area (Å²) in [7, 11) is 0. The second kappa shape index (κ2) is 6.45. The van der Waals surface area contributed by atoms with Crippen molar-refractivity contribution in [3.8, 4) is 5.75 Å². The Kier molecular flexibility index (Phi) is 4.62. The Morgan fingerprint density at radius 3 is 2.18 bits per heavy atom. The number of ether oxygens (including phenoxy) is 1. The van der Waals surface area contributed by atoms with Gasteiger partial charge in [-0.2, -0.15) is 0 Å². The van der Waals surface area contributed by atoms with Gasteiger partial charge in [0.2, 0.25) is 0 Å². The Morgan fingerprint density at radius 2 is 1.53 bits per heavy atom. The van der Waals surface area contributed by atoms with Crippen molar-refractivity contribution in [2.45, 2.75) is 6.92 Å². The Labute approximate surface area is 112 Å². The first-order valence-electron chi connectivity index (χ1n) is 5.46. The number of hydrogen-bond donors (Lipinski definition) is 0. The van der Waals surface area contributed by atoms with Gasteiger partial charge in [-0.25, -0.2) is 0 Å². The molecule has 0 saturated carbocycles. The van der Waals surface area contributed by atoms with Gasteiger partial charge in [0.1, 0.15) is 0 Å². The monoisotopic (exact) mass is 337 g/mol. The minimum absolute atomic E-state index is 0.0712. The van der Waals surface area contributed by atoms with E-state index in [1.54, 1.807) is 6.26 Å². The Morgan fingerprint density at radius 1 is 0.882 bits per heavy atom. The first-order valence-corrected chi connectivity index (χ1v) is 7.62. The molecule has 0 saturated heterocycles. The maximum atomic E-state index is 5.39. The van der Waals surface area contributed by atoms with Gasteiger partial charge in [-0.3, -0.25) is 0 Å². The summed E-state index contributed by atoms with van der Waals surface area (Å²) in [5.41, 5.74) is 0. The Bertz CT molecular complexity index is 474. The van der Waals surface area contributed by atoms with Crippen LogP contribution in [0.4, 0.5) is 0 Å². The van der Waals surface area contributed by atoms with Crippen LogP contribution in [0.5, 0.6) is 5.75 Å². The molecule has 0 atom stereocenters. The summed E-state index contributed by atoms with van der Waals surface area (Å²) in [4.78, 5) is 0. The number of rotatable bonds is 4. The van der Waals surface area contributed by atoms with E-state index in [-0.39, 0.29) is 21.2 Å². The average molecular weight is 337 g/mol. The minimum atomic E-state index is -0.0712. The molecular formula is C15H14IO-. The van der Waals surface area contributed by atoms with E-state index in [2.05, 4.69) is 42.5 Å². The van der Waals surface area contributed by atoms with Crippen molar-refractivity contribution in [2.75, 3.05) is 0 Å². The predicted molar refractivity (Wildman–Crippen MR) is 65.7 cm³/mol. The third-order valence-corrected chi connectivity index (χ3v) is 4.79. The molecule has 0 spiro atoms. The zero-order chi connectivity index (χ0) is 11.9. The van der Waals surface area contributed by atoms with Crippen molar-refractivity contribution in [3.63, 3.8) is 0 Å². The van der Waals surface area contributed by atoms with Gasteiger partial charge in [0.25, 0.3) is 0 Å². The van der Waals surface area contributed by atoms with Crippen molar-refractivity contribution < 1.29 is 25.9 Å². The molecule has 0 aliphatic rings. The standard InChI is InChI=1S/C15H14IO/c1-2-12-17-15-10-8-14(9-11-15)16-13-6-4-3-5-7-13/h2-12H,1H3/q-1. The van der Waals surface area contributed by atoms with Crippen LogP contribution >= 0.6 is 0 Å². The van der Waals surface area contributed by atoms with Crippen molar-refractivity contribution in [1.29, 1.82) is 0 Å². The van der Waals surface area contributed by atoms with Crippen molar-refractivity contribution in [2.24, 2.45) is 0 Å². The number of benzene rings is 2. The molecule has 17 heavy (non-hydrogen) atoms. The van der Waals surface area contributed by atoms with Crippen LogP contribution < -0.4 is 25.9 Å². The van der Waals surface area contributed by atoms with Crippen LogP contribution in [0, 0.1) is 7.14 Å². The summed E-state index contributed by atoms with van der Waals surface area (Å²) in [5.74, 6) is 0.893. The van der Waals surface area contributed by atoms with E-state index in [1.165, 1.54) is 7.14 Å². The number of allylic oxidation sites excluding steroid dienone is 1. The maximum absolute atomic E-state index is 5.39. The summed E-state index contributed by atoms with van der Waals surface area (Å²) in [6.07, 6.45) is 3.58. The summed E-state index contributed by atoms with van der Waals surface area (Å²) in [6, 6.07) is 19.0. The van der Waals surface area contributed by atoms with Gasteiger partial charge in [0.15, 0.2) is 0 Å². The first-order chi connectivity index (χ1) is 8.38. The molecule has 0 aliphatic carbocycles. The third-order valence-electron chi connectivity index (χ3n) is 2.11. The molecule has 2 aromatic rings. The molecule has 0 bridgehead atoms. The number of hydrogen-bond acceptors (Lipinski definition) is 1. The van der Waals surface area contributed by atoms with E-state index in [9.17, 15) is 0 Å². The van der Waals surface area contributed by atoms with E-state index in [4.69, 9.17) is 4.74 Å². The van der Waals surface area contributed by atoms with Gasteiger partial charge in [-0.05, 0) is 0 Å². The van der Waals surface area contributed by atoms with Crippen molar-refractivity contribution >= 4 is 0 Å². The van der Waals surface area contributed by atoms with E-state index >= 15 is 0 Å². The Balaban J connectivity index is 2.03. The van der Waals surface area contributed by atoms with Crippen LogP contribution in [-0.2, 0) is 0 Å². The fourth-order valence-electron chi connectivity index (χ4n) is 1.33. The quantitative estimate of drug-likeness (QED) is 0.590. The molecule has 0 fully saturated rings. The molecule has 0 aromatic heterocycles. The molecule has 0 aliphatic heterocycles. The first kappa shape index (κ1) is 12.2. The van der Waals surface area contributed by atoms with Gasteiger partial charge in [-0.15, -0.1) is 0 Å². The van der Waals surface area contributed by atoms with Crippen LogP contribution in [0.2, 0.25) is 0 Å². The molecule has 0 amide bonds. The summed E-state index contributed by atoms with van der Waals surface area (Å²) in [5, 5.41) is 0. The molecule has 2 aromatic carbocycles. The van der Waals surface area contributed by atoms with Crippen LogP contribution in [0.25, 0.3) is 0 Å². The zero-order valence-corrected chi connectivity index (χ0v) is 11.8. The predicted octanol–water partition coefficient (Wildman–Crippen LogP) is 0.727. The fraction of sp³-hybridized carbons (Fsp3) is 0.0667. The van der Waals surface area contributed by atoms with Crippen LogP contribution in [0.15, 0.2) is 66.9 Å².